The van der Waals surface area contributed by atoms with Crippen molar-refractivity contribution >= 4 is 5.97 Å². The van der Waals surface area contributed by atoms with Gasteiger partial charge in [-0.1, -0.05) is 18.2 Å². The fourth-order valence-electron chi connectivity index (χ4n) is 4.63. The maximum Gasteiger partial charge on any atom is 0.416 e. The number of methoxy groups -OCH3 is 1. The Bertz CT molecular complexity index is 992. The highest BCUT2D eigenvalue weighted by Crippen LogP contribution is 2.40. The number of rotatable bonds is 9. The number of aryl methyl sites for hydroxylation is 1. The van der Waals surface area contributed by atoms with Crippen LogP contribution in [0.1, 0.15) is 73.7 Å². The molecule has 0 aliphatic heterocycles. The summed E-state index contributed by atoms with van der Waals surface area (Å²) in [6.45, 7) is 3.84. The van der Waals surface area contributed by atoms with Crippen LogP contribution in [0.15, 0.2) is 36.4 Å². The van der Waals surface area contributed by atoms with Crippen molar-refractivity contribution in [2.45, 2.75) is 70.1 Å². The predicted octanol–water partition coefficient (Wildman–Crippen LogP) is 6.34. The van der Waals surface area contributed by atoms with E-state index in [1.807, 2.05) is 6.92 Å². The van der Waals surface area contributed by atoms with Gasteiger partial charge in [-0.3, -0.25) is 4.79 Å². The average molecular weight is 482 g/mol. The minimum Gasteiger partial charge on any atom is -0.494 e. The summed E-state index contributed by atoms with van der Waals surface area (Å²) in [5.41, 5.74) is 0.966. The van der Waals surface area contributed by atoms with E-state index in [2.05, 4.69) is 5.32 Å². The van der Waals surface area contributed by atoms with Gasteiger partial charge in [-0.2, -0.15) is 13.2 Å². The van der Waals surface area contributed by atoms with Crippen LogP contribution in [0.5, 0.6) is 5.75 Å². The molecule has 34 heavy (non-hydrogen) atoms. The molecule has 0 radical (unpaired) electrons. The van der Waals surface area contributed by atoms with E-state index in [4.69, 9.17) is 9.47 Å². The van der Waals surface area contributed by atoms with Crippen LogP contribution in [0.3, 0.4) is 0 Å². The van der Waals surface area contributed by atoms with Crippen LogP contribution in [0, 0.1) is 5.82 Å². The number of ether oxygens (including phenoxy) is 2. The third-order valence-corrected chi connectivity index (χ3v) is 6.41. The Morgan fingerprint density at radius 2 is 1.94 bits per heavy atom. The van der Waals surface area contributed by atoms with E-state index >= 15 is 0 Å². The van der Waals surface area contributed by atoms with Crippen LogP contribution >= 0.6 is 0 Å². The van der Waals surface area contributed by atoms with Gasteiger partial charge in [0.1, 0.15) is 0 Å². The molecule has 2 aromatic rings. The van der Waals surface area contributed by atoms with Crippen LogP contribution < -0.4 is 10.1 Å². The van der Waals surface area contributed by atoms with Crippen molar-refractivity contribution in [1.29, 1.82) is 0 Å². The number of benzene rings is 2. The number of esters is 1. The number of nitrogens with one attached hydrogen (secondary N) is 1. The second-order valence-corrected chi connectivity index (χ2v) is 8.71. The highest BCUT2D eigenvalue weighted by molar-refractivity contribution is 5.69. The van der Waals surface area contributed by atoms with Gasteiger partial charge in [0.25, 0.3) is 0 Å². The van der Waals surface area contributed by atoms with Gasteiger partial charge in [0.05, 0.1) is 19.3 Å². The molecule has 0 amide bonds. The fourth-order valence-corrected chi connectivity index (χ4v) is 4.63. The molecular weight excluding hydrogens is 450 g/mol. The van der Waals surface area contributed by atoms with Crippen LogP contribution in [-0.4, -0.2) is 25.7 Å². The third-order valence-electron chi connectivity index (χ3n) is 6.41. The quantitative estimate of drug-likeness (QED) is 0.336. The van der Waals surface area contributed by atoms with Gasteiger partial charge >= 0.3 is 12.1 Å². The zero-order chi connectivity index (χ0) is 24.9. The van der Waals surface area contributed by atoms with Gasteiger partial charge in [0, 0.05) is 18.5 Å². The molecule has 0 saturated heterocycles. The zero-order valence-electron chi connectivity index (χ0n) is 19.7. The summed E-state index contributed by atoms with van der Waals surface area (Å²) in [5.74, 6) is -0.742. The summed E-state index contributed by atoms with van der Waals surface area (Å²) in [4.78, 5) is 11.6. The first-order valence-electron chi connectivity index (χ1n) is 11.6. The first kappa shape index (κ1) is 26.0. The van der Waals surface area contributed by atoms with E-state index in [1.54, 1.807) is 25.1 Å². The number of carbonyl (C=O) groups excluding carboxylic acids is 1. The Hall–Kier alpha value is -2.61. The first-order valence-corrected chi connectivity index (χ1v) is 11.6. The summed E-state index contributed by atoms with van der Waals surface area (Å²) in [6, 6.07) is 9.27. The SMILES string of the molecule is CCOC(=O)CCc1ccc([C@@H]2CCC(N[C@H](C)c3ccc(F)c(OC)c3)C2)cc1C(F)(F)F. The predicted molar refractivity (Wildman–Crippen MR) is 121 cm³/mol. The third kappa shape index (κ3) is 6.50. The van der Waals surface area contributed by atoms with Crippen molar-refractivity contribution in [3.63, 3.8) is 0 Å². The summed E-state index contributed by atoms with van der Waals surface area (Å²) in [5, 5.41) is 3.51. The summed E-state index contributed by atoms with van der Waals surface area (Å²) in [7, 11) is 1.42. The minimum absolute atomic E-state index is 0.00709. The van der Waals surface area contributed by atoms with Gasteiger partial charge in [0.15, 0.2) is 11.6 Å². The van der Waals surface area contributed by atoms with E-state index in [-0.39, 0.29) is 48.8 Å². The van der Waals surface area contributed by atoms with E-state index in [0.29, 0.717) is 12.0 Å². The van der Waals surface area contributed by atoms with Crippen molar-refractivity contribution in [3.05, 3.63) is 64.5 Å². The van der Waals surface area contributed by atoms with Crippen LogP contribution in [0.25, 0.3) is 0 Å². The van der Waals surface area contributed by atoms with Crippen LogP contribution in [0.4, 0.5) is 17.6 Å². The summed E-state index contributed by atoms with van der Waals surface area (Å²) >= 11 is 0. The van der Waals surface area contributed by atoms with E-state index in [9.17, 15) is 22.4 Å². The lowest BCUT2D eigenvalue weighted by atomic mass is 9.92. The van der Waals surface area contributed by atoms with Crippen molar-refractivity contribution in [1.82, 2.24) is 5.32 Å². The molecule has 0 aromatic heterocycles. The Labute approximate surface area is 197 Å². The normalized spacial score (nSPS) is 19.1. The van der Waals surface area contributed by atoms with Crippen molar-refractivity contribution in [2.24, 2.45) is 0 Å². The molecule has 1 N–H and O–H groups in total. The standard InChI is InChI=1S/C26H31F4NO3/c1-4-34-25(32)12-9-17-5-6-20(14-22(17)26(28,29)30)19-7-10-21(13-19)31-16(2)18-8-11-23(27)24(15-18)33-3/h5-6,8,11,14-16,19,21,31H,4,7,9-10,12-13H2,1-3H3/t16-,19-,21?/m1/s1. The van der Waals surface area contributed by atoms with Crippen molar-refractivity contribution < 1.29 is 31.8 Å². The Morgan fingerprint density at radius 3 is 2.62 bits per heavy atom. The number of hydrogen-bond donors (Lipinski definition) is 1. The molecule has 4 nitrogen and oxygen atoms in total. The Balaban J connectivity index is 1.68. The highest BCUT2D eigenvalue weighted by atomic mass is 19.4. The van der Waals surface area contributed by atoms with E-state index in [0.717, 1.165) is 18.4 Å². The molecule has 2 aromatic carbocycles. The van der Waals surface area contributed by atoms with Crippen LogP contribution in [-0.2, 0) is 22.1 Å². The molecule has 186 valence electrons. The summed E-state index contributed by atoms with van der Waals surface area (Å²) in [6.07, 6.45) is -2.27. The number of hydrogen-bond acceptors (Lipinski definition) is 4. The molecule has 8 heteroatoms. The molecule has 1 saturated carbocycles. The lowest BCUT2D eigenvalue weighted by molar-refractivity contribution is -0.144. The highest BCUT2D eigenvalue weighted by Gasteiger charge is 2.35. The second kappa shape index (κ2) is 11.2. The maximum absolute atomic E-state index is 13.7. The lowest BCUT2D eigenvalue weighted by Crippen LogP contribution is -2.29. The van der Waals surface area contributed by atoms with Gasteiger partial charge in [0.2, 0.25) is 0 Å². The lowest BCUT2D eigenvalue weighted by Gasteiger charge is -2.21. The smallest absolute Gasteiger partial charge is 0.416 e. The maximum atomic E-state index is 13.7. The molecule has 1 aliphatic rings. The van der Waals surface area contributed by atoms with Gasteiger partial charge in [-0.15, -0.1) is 0 Å². The molecule has 1 fully saturated rings. The molecule has 3 rings (SSSR count). The molecule has 0 bridgehead atoms. The van der Waals surface area contributed by atoms with E-state index in [1.165, 1.54) is 25.3 Å². The number of halogens is 4. The topological polar surface area (TPSA) is 47.6 Å². The fraction of sp³-hybridized carbons (Fsp3) is 0.500. The monoisotopic (exact) mass is 481 g/mol. The molecule has 1 aliphatic carbocycles. The molecule has 3 atom stereocenters. The van der Waals surface area contributed by atoms with Crippen LogP contribution in [0.2, 0.25) is 0 Å². The van der Waals surface area contributed by atoms with Crippen molar-refractivity contribution in [3.8, 4) is 5.75 Å². The Kier molecular flexibility index (Phi) is 8.57. The zero-order valence-corrected chi connectivity index (χ0v) is 19.7. The number of alkyl halides is 3. The molecule has 0 heterocycles. The van der Waals surface area contributed by atoms with Crippen molar-refractivity contribution in [2.75, 3.05) is 13.7 Å². The summed E-state index contributed by atoms with van der Waals surface area (Å²) < 4.78 is 64.8. The van der Waals surface area contributed by atoms with Gasteiger partial charge in [-0.05, 0) is 80.3 Å². The largest absolute Gasteiger partial charge is 0.494 e. The molecule has 1 unspecified atom stereocenters. The van der Waals surface area contributed by atoms with E-state index < -0.39 is 23.5 Å². The molecular formula is C26H31F4NO3. The number of carbonyl (C=O) groups is 1. The Morgan fingerprint density at radius 1 is 1.18 bits per heavy atom. The first-order chi connectivity index (χ1) is 16.1. The minimum atomic E-state index is -4.49. The second-order valence-electron chi connectivity index (χ2n) is 8.71. The van der Waals surface area contributed by atoms with Gasteiger partial charge < -0.3 is 14.8 Å². The average Bonchev–Trinajstić information content (AvgIpc) is 3.26. The molecule has 0 spiro atoms. The van der Waals surface area contributed by atoms with Gasteiger partial charge in [-0.25, -0.2) is 4.39 Å².